The fraction of sp³-hybridized carbons (Fsp3) is 0.643. The lowest BCUT2D eigenvalue weighted by atomic mass is 9.74. The summed E-state index contributed by atoms with van der Waals surface area (Å²) in [6, 6.07) is 1.54. The molecule has 0 aromatic carbocycles. The number of sulfonamides is 1. The molecule has 1 saturated carbocycles. The van der Waals surface area contributed by atoms with Gasteiger partial charge < -0.3 is 5.32 Å². The predicted molar refractivity (Wildman–Crippen MR) is 87.8 cm³/mol. The molecule has 1 heterocycles. The zero-order valence-electron chi connectivity index (χ0n) is 12.6. The Morgan fingerprint density at radius 2 is 2.10 bits per heavy atom. The molecular formula is C14H22BrN3O2S. The van der Waals surface area contributed by atoms with Crippen molar-refractivity contribution in [2.24, 2.45) is 5.41 Å². The van der Waals surface area contributed by atoms with Gasteiger partial charge in [0.2, 0.25) is 10.0 Å². The number of halogens is 1. The van der Waals surface area contributed by atoms with Gasteiger partial charge in [0.15, 0.2) is 0 Å². The SMILES string of the molecule is CNc1ncc(Br)cc1S(=O)(=O)NC1CCCCC1(C)C. The molecule has 1 aromatic rings. The van der Waals surface area contributed by atoms with E-state index in [1.807, 2.05) is 0 Å². The first-order valence-corrected chi connectivity index (χ1v) is 9.39. The van der Waals surface area contributed by atoms with Crippen molar-refractivity contribution in [2.75, 3.05) is 12.4 Å². The standard InChI is InChI=1S/C14H22BrN3O2S/c1-14(2)7-5-4-6-12(14)18-21(19,20)11-8-10(15)9-17-13(11)16-3/h8-9,12,18H,4-7H2,1-3H3,(H,16,17). The molecule has 0 bridgehead atoms. The van der Waals surface area contributed by atoms with Crippen molar-refractivity contribution in [3.05, 3.63) is 16.7 Å². The second kappa shape index (κ2) is 6.22. The Balaban J connectivity index is 2.32. The van der Waals surface area contributed by atoms with Crippen molar-refractivity contribution in [2.45, 2.75) is 50.5 Å². The van der Waals surface area contributed by atoms with Crippen molar-refractivity contribution in [1.29, 1.82) is 0 Å². The molecule has 21 heavy (non-hydrogen) atoms. The smallest absolute Gasteiger partial charge is 0.244 e. The average molecular weight is 376 g/mol. The molecule has 0 saturated heterocycles. The molecule has 0 radical (unpaired) electrons. The van der Waals surface area contributed by atoms with E-state index in [4.69, 9.17) is 0 Å². The van der Waals surface area contributed by atoms with Gasteiger partial charge in [-0.05, 0) is 40.3 Å². The van der Waals surface area contributed by atoms with E-state index >= 15 is 0 Å². The van der Waals surface area contributed by atoms with Crippen LogP contribution in [0, 0.1) is 5.41 Å². The number of nitrogens with one attached hydrogen (secondary N) is 2. The molecule has 1 aliphatic rings. The summed E-state index contributed by atoms with van der Waals surface area (Å²) in [6.07, 6.45) is 5.71. The van der Waals surface area contributed by atoms with Crippen LogP contribution >= 0.6 is 15.9 Å². The maximum absolute atomic E-state index is 12.7. The molecule has 5 nitrogen and oxygen atoms in total. The van der Waals surface area contributed by atoms with E-state index < -0.39 is 10.0 Å². The van der Waals surface area contributed by atoms with E-state index in [2.05, 4.69) is 44.8 Å². The summed E-state index contributed by atoms with van der Waals surface area (Å²) in [6.45, 7) is 4.25. The van der Waals surface area contributed by atoms with Gasteiger partial charge in [0, 0.05) is 23.8 Å². The molecular weight excluding hydrogens is 354 g/mol. The van der Waals surface area contributed by atoms with Crippen molar-refractivity contribution >= 4 is 31.8 Å². The Morgan fingerprint density at radius 3 is 2.71 bits per heavy atom. The van der Waals surface area contributed by atoms with Crippen molar-refractivity contribution in [3.63, 3.8) is 0 Å². The molecule has 2 N–H and O–H groups in total. The van der Waals surface area contributed by atoms with E-state index in [0.29, 0.717) is 10.3 Å². The van der Waals surface area contributed by atoms with Gasteiger partial charge in [0.1, 0.15) is 10.7 Å². The van der Waals surface area contributed by atoms with Gasteiger partial charge in [-0.15, -0.1) is 0 Å². The first-order chi connectivity index (χ1) is 9.76. The Bertz CT molecular complexity index is 617. The van der Waals surface area contributed by atoms with Crippen molar-refractivity contribution in [3.8, 4) is 0 Å². The number of nitrogens with zero attached hydrogens (tertiary/aromatic N) is 1. The second-order valence-electron chi connectivity index (χ2n) is 6.16. The summed E-state index contributed by atoms with van der Waals surface area (Å²) >= 11 is 3.28. The van der Waals surface area contributed by atoms with Crippen LogP contribution in [0.2, 0.25) is 0 Å². The lowest BCUT2D eigenvalue weighted by Crippen LogP contribution is -2.46. The Kier molecular flexibility index (Phi) is 4.95. The molecule has 1 aromatic heterocycles. The summed E-state index contributed by atoms with van der Waals surface area (Å²) in [5.74, 6) is 0.360. The average Bonchev–Trinajstić information content (AvgIpc) is 2.41. The molecule has 0 spiro atoms. The van der Waals surface area contributed by atoms with Crippen LogP contribution in [0.15, 0.2) is 21.6 Å². The first-order valence-electron chi connectivity index (χ1n) is 7.12. The summed E-state index contributed by atoms with van der Waals surface area (Å²) in [5, 5.41) is 2.84. The maximum Gasteiger partial charge on any atom is 0.244 e. The van der Waals surface area contributed by atoms with Crippen LogP contribution in [-0.2, 0) is 10.0 Å². The zero-order chi connectivity index (χ0) is 15.7. The van der Waals surface area contributed by atoms with Crippen LogP contribution in [0.5, 0.6) is 0 Å². The quantitative estimate of drug-likeness (QED) is 0.847. The fourth-order valence-electron chi connectivity index (χ4n) is 2.78. The van der Waals surface area contributed by atoms with Gasteiger partial charge in [0.25, 0.3) is 0 Å². The minimum Gasteiger partial charge on any atom is -0.372 e. The molecule has 1 atom stereocenters. The fourth-order valence-corrected chi connectivity index (χ4v) is 4.89. The number of hydrogen-bond donors (Lipinski definition) is 2. The molecule has 0 aliphatic heterocycles. The van der Waals surface area contributed by atoms with E-state index in [0.717, 1.165) is 25.7 Å². The monoisotopic (exact) mass is 375 g/mol. The number of hydrogen-bond acceptors (Lipinski definition) is 4. The number of aromatic nitrogens is 1. The Hall–Kier alpha value is -0.660. The first kappa shape index (κ1) is 16.7. The lowest BCUT2D eigenvalue weighted by Gasteiger charge is -2.38. The lowest BCUT2D eigenvalue weighted by molar-refractivity contribution is 0.188. The topological polar surface area (TPSA) is 71.1 Å². The van der Waals surface area contributed by atoms with E-state index in [1.54, 1.807) is 19.3 Å². The minimum atomic E-state index is -3.60. The van der Waals surface area contributed by atoms with Gasteiger partial charge >= 0.3 is 0 Å². The van der Waals surface area contributed by atoms with Crippen LogP contribution in [0.1, 0.15) is 39.5 Å². The van der Waals surface area contributed by atoms with Gasteiger partial charge in [-0.25, -0.2) is 18.1 Å². The highest BCUT2D eigenvalue weighted by molar-refractivity contribution is 9.10. The highest BCUT2D eigenvalue weighted by atomic mass is 79.9. The minimum absolute atomic E-state index is 0.0232. The number of anilines is 1. The summed E-state index contributed by atoms with van der Waals surface area (Å²) in [5.41, 5.74) is -0.0232. The van der Waals surface area contributed by atoms with Gasteiger partial charge in [0.05, 0.1) is 0 Å². The Labute approximate surface area is 135 Å². The Morgan fingerprint density at radius 1 is 1.38 bits per heavy atom. The molecule has 7 heteroatoms. The molecule has 0 amide bonds. The number of pyridine rings is 1. The van der Waals surface area contributed by atoms with Crippen LogP contribution in [0.4, 0.5) is 5.82 Å². The van der Waals surface area contributed by atoms with Gasteiger partial charge in [-0.2, -0.15) is 0 Å². The van der Waals surface area contributed by atoms with Gasteiger partial charge in [-0.3, -0.25) is 0 Å². The normalized spacial score (nSPS) is 22.0. The molecule has 1 aliphatic carbocycles. The van der Waals surface area contributed by atoms with E-state index in [9.17, 15) is 8.42 Å². The third-order valence-corrected chi connectivity index (χ3v) is 6.07. The van der Waals surface area contributed by atoms with Crippen molar-refractivity contribution in [1.82, 2.24) is 9.71 Å². The third-order valence-electron chi connectivity index (χ3n) is 4.15. The van der Waals surface area contributed by atoms with Crippen LogP contribution in [0.25, 0.3) is 0 Å². The highest BCUT2D eigenvalue weighted by Gasteiger charge is 2.36. The summed E-state index contributed by atoms with van der Waals surface area (Å²) in [4.78, 5) is 4.30. The zero-order valence-corrected chi connectivity index (χ0v) is 15.0. The largest absolute Gasteiger partial charge is 0.372 e. The third kappa shape index (κ3) is 3.76. The van der Waals surface area contributed by atoms with Crippen molar-refractivity contribution < 1.29 is 8.42 Å². The molecule has 2 rings (SSSR count). The van der Waals surface area contributed by atoms with E-state index in [1.165, 1.54) is 0 Å². The summed E-state index contributed by atoms with van der Waals surface area (Å²) < 4.78 is 28.9. The predicted octanol–water partition coefficient (Wildman–Crippen LogP) is 3.13. The molecule has 1 unspecified atom stereocenters. The van der Waals surface area contributed by atoms with E-state index in [-0.39, 0.29) is 16.4 Å². The number of rotatable bonds is 4. The maximum atomic E-state index is 12.7. The molecule has 118 valence electrons. The molecule has 1 fully saturated rings. The van der Waals surface area contributed by atoms with Crippen LogP contribution < -0.4 is 10.0 Å². The van der Waals surface area contributed by atoms with Crippen LogP contribution in [-0.4, -0.2) is 26.5 Å². The second-order valence-corrected chi connectivity index (χ2v) is 8.76. The summed E-state index contributed by atoms with van der Waals surface area (Å²) in [7, 11) is -1.93. The van der Waals surface area contributed by atoms with Crippen LogP contribution in [0.3, 0.4) is 0 Å². The highest BCUT2D eigenvalue weighted by Crippen LogP contribution is 2.36. The van der Waals surface area contributed by atoms with Gasteiger partial charge in [-0.1, -0.05) is 26.7 Å².